The Labute approximate surface area is 157 Å². The monoisotopic (exact) mass is 367 g/mol. The van der Waals surface area contributed by atoms with Gasteiger partial charge in [-0.3, -0.25) is 4.98 Å². The first-order chi connectivity index (χ1) is 13.4. The number of nitrogens with zero attached hydrogens (tertiary/aromatic N) is 5. The Hall–Kier alpha value is -3.00. The van der Waals surface area contributed by atoms with Crippen LogP contribution in [0.5, 0.6) is 17.2 Å². The van der Waals surface area contributed by atoms with Gasteiger partial charge in [0.25, 0.3) is 0 Å². The van der Waals surface area contributed by atoms with E-state index in [1.807, 2.05) is 28.9 Å². The molecule has 0 radical (unpaired) electrons. The third-order valence-corrected chi connectivity index (χ3v) is 4.44. The molecule has 0 N–H and O–H groups in total. The van der Waals surface area contributed by atoms with Crippen molar-refractivity contribution in [2.45, 2.75) is 26.0 Å². The molecule has 8 nitrogen and oxygen atoms in total. The molecule has 1 fully saturated rings. The van der Waals surface area contributed by atoms with Crippen LogP contribution in [-0.4, -0.2) is 38.4 Å². The Balaban J connectivity index is 1.36. The van der Waals surface area contributed by atoms with E-state index in [4.69, 9.17) is 14.2 Å². The van der Waals surface area contributed by atoms with Crippen LogP contribution in [0, 0.1) is 5.92 Å². The van der Waals surface area contributed by atoms with Crippen molar-refractivity contribution in [3.05, 3.63) is 54.6 Å². The van der Waals surface area contributed by atoms with E-state index < -0.39 is 0 Å². The largest absolute Gasteiger partial charge is 0.485 e. The molecule has 0 aliphatic carbocycles. The topological polar surface area (TPSA) is 84.2 Å². The smallest absolute Gasteiger partial charge is 0.189 e. The summed E-state index contributed by atoms with van der Waals surface area (Å²) in [4.78, 5) is 3.98. The van der Waals surface area contributed by atoms with Gasteiger partial charge in [-0.05, 0) is 53.5 Å². The summed E-state index contributed by atoms with van der Waals surface area (Å²) in [5, 5.41) is 12.0. The number of rotatable bonds is 7. The molecule has 8 heteroatoms. The van der Waals surface area contributed by atoms with Crippen LogP contribution in [0.1, 0.15) is 18.7 Å². The van der Waals surface area contributed by atoms with Gasteiger partial charge in [-0.25, -0.2) is 4.68 Å². The van der Waals surface area contributed by atoms with Gasteiger partial charge in [0.05, 0.1) is 0 Å². The molecule has 3 aromatic rings. The molecule has 1 aliphatic heterocycles. The summed E-state index contributed by atoms with van der Waals surface area (Å²) in [6, 6.07) is 11.1. The van der Waals surface area contributed by atoms with Crippen molar-refractivity contribution in [2.75, 3.05) is 13.2 Å². The SMILES string of the molecule is c1cc(OCc2nnnn2CC2CCOCC2)cc(Oc2ccncc2)c1. The van der Waals surface area contributed by atoms with Gasteiger partial charge >= 0.3 is 0 Å². The van der Waals surface area contributed by atoms with Gasteiger partial charge in [-0.2, -0.15) is 0 Å². The lowest BCUT2D eigenvalue weighted by molar-refractivity contribution is 0.0593. The molecule has 1 aromatic carbocycles. The Morgan fingerprint density at radius 2 is 1.85 bits per heavy atom. The maximum absolute atomic E-state index is 5.88. The maximum Gasteiger partial charge on any atom is 0.189 e. The van der Waals surface area contributed by atoms with Gasteiger partial charge in [0.1, 0.15) is 23.9 Å². The summed E-state index contributed by atoms with van der Waals surface area (Å²) in [6.45, 7) is 2.71. The third-order valence-electron chi connectivity index (χ3n) is 4.44. The average molecular weight is 367 g/mol. The summed E-state index contributed by atoms with van der Waals surface area (Å²) in [5.74, 6) is 3.37. The molecule has 0 unspecified atom stereocenters. The highest BCUT2D eigenvalue weighted by molar-refractivity contribution is 5.36. The first-order valence-electron chi connectivity index (χ1n) is 9.00. The number of ether oxygens (including phenoxy) is 3. The number of aromatic nitrogens is 5. The molecule has 1 saturated heterocycles. The minimum Gasteiger partial charge on any atom is -0.485 e. The fourth-order valence-electron chi connectivity index (χ4n) is 2.96. The lowest BCUT2D eigenvalue weighted by Crippen LogP contribution is -2.22. The van der Waals surface area contributed by atoms with Crippen LogP contribution in [0.2, 0.25) is 0 Å². The van der Waals surface area contributed by atoms with Gasteiger partial charge < -0.3 is 14.2 Å². The normalized spacial score (nSPS) is 14.8. The van der Waals surface area contributed by atoms with Gasteiger partial charge in [0, 0.05) is 38.2 Å². The van der Waals surface area contributed by atoms with Gasteiger partial charge in [0.15, 0.2) is 5.82 Å². The van der Waals surface area contributed by atoms with Gasteiger partial charge in [0.2, 0.25) is 0 Å². The molecule has 0 saturated carbocycles. The zero-order valence-electron chi connectivity index (χ0n) is 14.9. The highest BCUT2D eigenvalue weighted by Gasteiger charge is 2.17. The first kappa shape index (κ1) is 17.4. The van der Waals surface area contributed by atoms with Gasteiger partial charge in [-0.15, -0.1) is 5.10 Å². The Morgan fingerprint density at radius 1 is 1.04 bits per heavy atom. The van der Waals surface area contributed by atoms with Crippen molar-refractivity contribution < 1.29 is 14.2 Å². The summed E-state index contributed by atoms with van der Waals surface area (Å²) >= 11 is 0. The number of hydrogen-bond donors (Lipinski definition) is 0. The highest BCUT2D eigenvalue weighted by atomic mass is 16.5. The number of pyridine rings is 1. The molecule has 27 heavy (non-hydrogen) atoms. The van der Waals surface area contributed by atoms with Crippen LogP contribution in [0.4, 0.5) is 0 Å². The van der Waals surface area contributed by atoms with Gasteiger partial charge in [-0.1, -0.05) is 6.07 Å². The molecule has 0 spiro atoms. The fourth-order valence-corrected chi connectivity index (χ4v) is 2.96. The molecule has 0 amide bonds. The van der Waals surface area contributed by atoms with Crippen molar-refractivity contribution in [1.29, 1.82) is 0 Å². The van der Waals surface area contributed by atoms with Crippen molar-refractivity contribution >= 4 is 0 Å². The van der Waals surface area contributed by atoms with E-state index in [0.717, 1.165) is 38.3 Å². The van der Waals surface area contributed by atoms with Crippen LogP contribution in [0.25, 0.3) is 0 Å². The molecule has 4 rings (SSSR count). The van der Waals surface area contributed by atoms with Crippen LogP contribution in [0.15, 0.2) is 48.8 Å². The van der Waals surface area contributed by atoms with E-state index in [0.29, 0.717) is 29.8 Å². The highest BCUT2D eigenvalue weighted by Crippen LogP contribution is 2.25. The minimum absolute atomic E-state index is 0.301. The van der Waals surface area contributed by atoms with Crippen LogP contribution >= 0.6 is 0 Å². The molecular weight excluding hydrogens is 346 g/mol. The lowest BCUT2D eigenvalue weighted by atomic mass is 10.0. The average Bonchev–Trinajstić information content (AvgIpc) is 3.15. The summed E-state index contributed by atoms with van der Waals surface area (Å²) < 4.78 is 18.9. The predicted octanol–water partition coefficient (Wildman–Crippen LogP) is 2.87. The number of benzene rings is 1. The van der Waals surface area contributed by atoms with E-state index in [1.165, 1.54) is 0 Å². The molecule has 0 atom stereocenters. The Bertz CT molecular complexity index is 849. The van der Waals surface area contributed by atoms with Crippen LogP contribution < -0.4 is 9.47 Å². The lowest BCUT2D eigenvalue weighted by Gasteiger charge is -2.21. The van der Waals surface area contributed by atoms with Crippen molar-refractivity contribution in [1.82, 2.24) is 25.2 Å². The number of hydrogen-bond acceptors (Lipinski definition) is 7. The minimum atomic E-state index is 0.301. The molecule has 1 aliphatic rings. The van der Waals surface area contributed by atoms with E-state index >= 15 is 0 Å². The zero-order chi connectivity index (χ0) is 18.3. The standard InChI is InChI=1S/C19H21N5O3/c1-2-17(12-18(3-1)27-16-4-8-20-9-5-16)26-14-19-21-22-23-24(19)13-15-6-10-25-11-7-15/h1-5,8-9,12,15H,6-7,10-11,13-14H2. The van der Waals surface area contributed by atoms with E-state index in [-0.39, 0.29) is 0 Å². The van der Waals surface area contributed by atoms with E-state index in [9.17, 15) is 0 Å². The fraction of sp³-hybridized carbons (Fsp3) is 0.368. The molecule has 3 heterocycles. The maximum atomic E-state index is 5.88. The Kier molecular flexibility index (Phi) is 5.54. The summed E-state index contributed by atoms with van der Waals surface area (Å²) in [5.41, 5.74) is 0. The Morgan fingerprint density at radius 3 is 2.70 bits per heavy atom. The quantitative estimate of drug-likeness (QED) is 0.635. The third kappa shape index (κ3) is 4.79. The first-order valence-corrected chi connectivity index (χ1v) is 9.00. The summed E-state index contributed by atoms with van der Waals surface area (Å²) in [7, 11) is 0. The molecule has 2 aromatic heterocycles. The second-order valence-electron chi connectivity index (χ2n) is 6.38. The zero-order valence-corrected chi connectivity index (χ0v) is 14.9. The van der Waals surface area contributed by atoms with Crippen LogP contribution in [0.3, 0.4) is 0 Å². The second kappa shape index (κ2) is 8.59. The molecule has 140 valence electrons. The van der Waals surface area contributed by atoms with Crippen LogP contribution in [-0.2, 0) is 17.9 Å². The van der Waals surface area contributed by atoms with Crippen molar-refractivity contribution in [2.24, 2.45) is 5.92 Å². The second-order valence-corrected chi connectivity index (χ2v) is 6.38. The van der Waals surface area contributed by atoms with Crippen molar-refractivity contribution in [3.63, 3.8) is 0 Å². The molecule has 0 bridgehead atoms. The van der Waals surface area contributed by atoms with Crippen molar-refractivity contribution in [3.8, 4) is 17.2 Å². The van der Waals surface area contributed by atoms with E-state index in [1.54, 1.807) is 24.5 Å². The summed E-state index contributed by atoms with van der Waals surface area (Å²) in [6.07, 6.45) is 5.45. The predicted molar refractivity (Wildman–Crippen MR) is 96.4 cm³/mol. The molecular formula is C19H21N5O3. The number of tetrazole rings is 1. The van der Waals surface area contributed by atoms with E-state index in [2.05, 4.69) is 20.5 Å².